The molecule has 3 aromatic carbocycles. The van der Waals surface area contributed by atoms with Crippen molar-refractivity contribution in [1.29, 1.82) is 0 Å². The highest BCUT2D eigenvalue weighted by Gasteiger charge is 2.06. The maximum absolute atomic E-state index is 11.4. The standard InChI is InChI=1S/C25H24Cl2O3/c26-22-9-5-19(6-10-22)3-1-15-29-24-13-14-25(21(17-24)18-28)30-16-2-4-20-7-11-23(27)12-8-20/h5-14,17-18H,1-4,15-16H2. The Hall–Kier alpha value is -2.49. The lowest BCUT2D eigenvalue weighted by Crippen LogP contribution is -2.03. The molecule has 0 amide bonds. The minimum atomic E-state index is 0.497. The summed E-state index contributed by atoms with van der Waals surface area (Å²) in [6, 6.07) is 21.0. The van der Waals surface area contributed by atoms with E-state index in [-0.39, 0.29) is 0 Å². The average molecular weight is 443 g/mol. The van der Waals surface area contributed by atoms with Gasteiger partial charge in [0.15, 0.2) is 6.29 Å². The minimum Gasteiger partial charge on any atom is -0.494 e. The molecule has 0 radical (unpaired) electrons. The lowest BCUT2D eigenvalue weighted by atomic mass is 10.1. The predicted molar refractivity (Wildman–Crippen MR) is 122 cm³/mol. The molecule has 0 aliphatic carbocycles. The summed E-state index contributed by atoms with van der Waals surface area (Å²) >= 11 is 11.8. The third kappa shape index (κ3) is 7.08. The van der Waals surface area contributed by atoms with Crippen LogP contribution in [0.2, 0.25) is 10.0 Å². The third-order valence-corrected chi connectivity index (χ3v) is 5.18. The fraction of sp³-hybridized carbons (Fsp3) is 0.240. The summed E-state index contributed by atoms with van der Waals surface area (Å²) < 4.78 is 11.6. The third-order valence-electron chi connectivity index (χ3n) is 4.68. The largest absolute Gasteiger partial charge is 0.494 e. The molecule has 0 unspecified atom stereocenters. The van der Waals surface area contributed by atoms with Crippen LogP contribution < -0.4 is 9.47 Å². The van der Waals surface area contributed by atoms with Crippen molar-refractivity contribution < 1.29 is 14.3 Å². The van der Waals surface area contributed by atoms with Crippen molar-refractivity contribution in [2.24, 2.45) is 0 Å². The van der Waals surface area contributed by atoms with E-state index in [4.69, 9.17) is 32.7 Å². The summed E-state index contributed by atoms with van der Waals surface area (Å²) in [4.78, 5) is 11.4. The Kier molecular flexibility index (Phi) is 8.61. The van der Waals surface area contributed by atoms with Gasteiger partial charge < -0.3 is 9.47 Å². The van der Waals surface area contributed by atoms with E-state index in [1.807, 2.05) is 54.6 Å². The highest BCUT2D eigenvalue weighted by molar-refractivity contribution is 6.30. The molecule has 3 nitrogen and oxygen atoms in total. The summed E-state index contributed by atoms with van der Waals surface area (Å²) in [6.45, 7) is 1.10. The van der Waals surface area contributed by atoms with Crippen LogP contribution in [0.15, 0.2) is 66.7 Å². The van der Waals surface area contributed by atoms with E-state index in [9.17, 15) is 4.79 Å². The van der Waals surface area contributed by atoms with Gasteiger partial charge in [-0.05, 0) is 79.3 Å². The van der Waals surface area contributed by atoms with E-state index >= 15 is 0 Å². The average Bonchev–Trinajstić information content (AvgIpc) is 2.77. The first kappa shape index (κ1) is 22.2. The van der Waals surface area contributed by atoms with Gasteiger partial charge in [-0.15, -0.1) is 0 Å². The van der Waals surface area contributed by atoms with Crippen molar-refractivity contribution in [3.8, 4) is 11.5 Å². The van der Waals surface area contributed by atoms with Gasteiger partial charge >= 0.3 is 0 Å². The number of hydrogen-bond acceptors (Lipinski definition) is 3. The number of carbonyl (C=O) groups excluding carboxylic acids is 1. The van der Waals surface area contributed by atoms with Gasteiger partial charge in [0, 0.05) is 10.0 Å². The Morgan fingerprint density at radius 3 is 1.77 bits per heavy atom. The molecule has 3 rings (SSSR count). The lowest BCUT2D eigenvalue weighted by Gasteiger charge is -2.11. The Morgan fingerprint density at radius 2 is 1.23 bits per heavy atom. The van der Waals surface area contributed by atoms with Crippen molar-refractivity contribution in [2.75, 3.05) is 13.2 Å². The van der Waals surface area contributed by atoms with Crippen molar-refractivity contribution in [3.63, 3.8) is 0 Å². The Morgan fingerprint density at radius 1 is 0.700 bits per heavy atom. The SMILES string of the molecule is O=Cc1cc(OCCCc2ccc(Cl)cc2)ccc1OCCCc1ccc(Cl)cc1. The van der Waals surface area contributed by atoms with Gasteiger partial charge in [0.05, 0.1) is 18.8 Å². The zero-order valence-corrected chi connectivity index (χ0v) is 18.2. The Balaban J connectivity index is 1.42. The molecule has 0 aliphatic heterocycles. The number of aldehydes is 1. The van der Waals surface area contributed by atoms with Crippen molar-refractivity contribution >= 4 is 29.5 Å². The topological polar surface area (TPSA) is 35.5 Å². The van der Waals surface area contributed by atoms with Gasteiger partial charge in [0.2, 0.25) is 0 Å². The molecule has 0 spiro atoms. The second-order valence-electron chi connectivity index (χ2n) is 6.97. The quantitative estimate of drug-likeness (QED) is 0.241. The number of halogens is 2. The molecular weight excluding hydrogens is 419 g/mol. The van der Waals surface area contributed by atoms with Crippen LogP contribution in [0.4, 0.5) is 0 Å². The number of hydrogen-bond donors (Lipinski definition) is 0. The number of rotatable bonds is 11. The lowest BCUT2D eigenvalue weighted by molar-refractivity contribution is 0.111. The number of carbonyl (C=O) groups is 1. The minimum absolute atomic E-state index is 0.497. The van der Waals surface area contributed by atoms with Gasteiger partial charge in [0.25, 0.3) is 0 Å². The van der Waals surface area contributed by atoms with Gasteiger partial charge in [-0.1, -0.05) is 47.5 Å². The highest BCUT2D eigenvalue weighted by Crippen LogP contribution is 2.23. The molecule has 3 aromatic rings. The second kappa shape index (κ2) is 11.6. The van der Waals surface area contributed by atoms with Crippen LogP contribution in [0.25, 0.3) is 0 Å². The first-order chi connectivity index (χ1) is 14.6. The zero-order chi connectivity index (χ0) is 21.2. The molecule has 30 heavy (non-hydrogen) atoms. The molecule has 0 aromatic heterocycles. The molecule has 0 aliphatic rings. The van der Waals surface area contributed by atoms with Crippen molar-refractivity contribution in [2.45, 2.75) is 25.7 Å². The van der Waals surface area contributed by atoms with E-state index in [0.29, 0.717) is 30.3 Å². The summed E-state index contributed by atoms with van der Waals surface area (Å²) in [5.41, 5.74) is 2.93. The van der Waals surface area contributed by atoms with E-state index in [0.717, 1.165) is 42.0 Å². The van der Waals surface area contributed by atoms with Crippen molar-refractivity contribution in [1.82, 2.24) is 0 Å². The van der Waals surface area contributed by atoms with Crippen LogP contribution in [-0.4, -0.2) is 19.5 Å². The molecule has 5 heteroatoms. The van der Waals surface area contributed by atoms with Crippen molar-refractivity contribution in [3.05, 3.63) is 93.5 Å². The molecule has 156 valence electrons. The molecule has 0 heterocycles. The molecule has 0 fully saturated rings. The fourth-order valence-electron chi connectivity index (χ4n) is 3.07. The maximum atomic E-state index is 11.4. The van der Waals surface area contributed by atoms with Crippen LogP contribution in [0.5, 0.6) is 11.5 Å². The molecule has 0 saturated heterocycles. The van der Waals surface area contributed by atoms with Crippen LogP contribution in [0.1, 0.15) is 34.3 Å². The molecule has 0 bridgehead atoms. The number of ether oxygens (including phenoxy) is 2. The number of aryl methyl sites for hydroxylation is 2. The van der Waals surface area contributed by atoms with E-state index in [1.54, 1.807) is 12.1 Å². The first-order valence-corrected chi connectivity index (χ1v) is 10.7. The summed E-state index contributed by atoms with van der Waals surface area (Å²) in [6.07, 6.45) is 4.33. The summed E-state index contributed by atoms with van der Waals surface area (Å²) in [5.74, 6) is 1.25. The van der Waals surface area contributed by atoms with Gasteiger partial charge in [0.1, 0.15) is 11.5 Å². The Labute approximate surface area is 187 Å². The van der Waals surface area contributed by atoms with E-state index < -0.39 is 0 Å². The predicted octanol–water partition coefficient (Wildman–Crippen LogP) is 6.83. The number of benzene rings is 3. The van der Waals surface area contributed by atoms with Crippen LogP contribution >= 0.6 is 23.2 Å². The van der Waals surface area contributed by atoms with Gasteiger partial charge in [-0.3, -0.25) is 4.79 Å². The summed E-state index contributed by atoms with van der Waals surface area (Å²) in [5, 5.41) is 1.47. The molecular formula is C25H24Cl2O3. The monoisotopic (exact) mass is 442 g/mol. The molecule has 0 atom stereocenters. The van der Waals surface area contributed by atoms with E-state index in [1.165, 1.54) is 11.1 Å². The normalized spacial score (nSPS) is 10.6. The van der Waals surface area contributed by atoms with Gasteiger partial charge in [-0.25, -0.2) is 0 Å². The fourth-order valence-corrected chi connectivity index (χ4v) is 3.32. The Bertz CT molecular complexity index is 938. The van der Waals surface area contributed by atoms with Gasteiger partial charge in [-0.2, -0.15) is 0 Å². The molecule has 0 N–H and O–H groups in total. The van der Waals surface area contributed by atoms with Crippen LogP contribution in [-0.2, 0) is 12.8 Å². The smallest absolute Gasteiger partial charge is 0.153 e. The molecule has 0 saturated carbocycles. The summed E-state index contributed by atoms with van der Waals surface area (Å²) in [7, 11) is 0. The van der Waals surface area contributed by atoms with Crippen LogP contribution in [0.3, 0.4) is 0 Å². The van der Waals surface area contributed by atoms with Crippen LogP contribution in [0, 0.1) is 0 Å². The zero-order valence-electron chi connectivity index (χ0n) is 16.7. The second-order valence-corrected chi connectivity index (χ2v) is 7.85. The first-order valence-electron chi connectivity index (χ1n) is 9.98. The maximum Gasteiger partial charge on any atom is 0.153 e. The van der Waals surface area contributed by atoms with E-state index in [2.05, 4.69) is 0 Å². The highest BCUT2D eigenvalue weighted by atomic mass is 35.5.